The quantitative estimate of drug-likeness (QED) is 0.791. The minimum absolute atomic E-state index is 0.0956. The molecule has 2 aromatic heterocycles. The van der Waals surface area contributed by atoms with E-state index >= 15 is 0 Å². The summed E-state index contributed by atoms with van der Waals surface area (Å²) in [6, 6.07) is 11.4. The van der Waals surface area contributed by atoms with Crippen LogP contribution < -0.4 is 10.2 Å². The second kappa shape index (κ2) is 6.45. The molecule has 1 aliphatic heterocycles. The van der Waals surface area contributed by atoms with Crippen molar-refractivity contribution in [3.05, 3.63) is 53.7 Å². The van der Waals surface area contributed by atoms with Gasteiger partial charge in [-0.3, -0.25) is 4.79 Å². The Morgan fingerprint density at radius 2 is 2.21 bits per heavy atom. The Kier molecular flexibility index (Phi) is 4.00. The third kappa shape index (κ3) is 3.03. The van der Waals surface area contributed by atoms with E-state index in [0.29, 0.717) is 11.5 Å². The third-order valence-corrected chi connectivity index (χ3v) is 4.85. The molecule has 3 aromatic rings. The van der Waals surface area contributed by atoms with E-state index in [4.69, 9.17) is 4.52 Å². The van der Waals surface area contributed by atoms with Crippen LogP contribution in [0.5, 0.6) is 0 Å². The summed E-state index contributed by atoms with van der Waals surface area (Å²) in [4.78, 5) is 18.9. The Morgan fingerprint density at radius 3 is 3.00 bits per heavy atom. The maximum atomic E-state index is 12.4. The molecule has 4 rings (SSSR count). The number of anilines is 1. The van der Waals surface area contributed by atoms with Gasteiger partial charge >= 0.3 is 0 Å². The van der Waals surface area contributed by atoms with Crippen molar-refractivity contribution in [2.24, 2.45) is 0 Å². The van der Waals surface area contributed by atoms with E-state index < -0.39 is 0 Å². The molecule has 1 saturated heterocycles. The summed E-state index contributed by atoms with van der Waals surface area (Å²) in [5, 5.41) is 9.88. The van der Waals surface area contributed by atoms with Gasteiger partial charge in [0.25, 0.3) is 5.91 Å². The van der Waals surface area contributed by atoms with Gasteiger partial charge in [-0.15, -0.1) is 11.3 Å². The van der Waals surface area contributed by atoms with Gasteiger partial charge in [-0.2, -0.15) is 0 Å². The standard InChI is InChI=1S/C17H16N4O2S/c22-16(14-10-15(23-20-14)12-4-2-1-3-5-12)19-13-6-8-21(11-13)17-18-7-9-24-17/h1-5,7,9-10,13H,6,8,11H2,(H,19,22)/t13-/m1/s1. The Hall–Kier alpha value is -2.67. The molecule has 0 radical (unpaired) electrons. The van der Waals surface area contributed by atoms with Gasteiger partial charge < -0.3 is 14.7 Å². The SMILES string of the molecule is O=C(N[C@@H]1CCN(c2nccs2)C1)c1cc(-c2ccccc2)on1. The smallest absolute Gasteiger partial charge is 0.273 e. The average Bonchev–Trinajstić information content (AvgIpc) is 3.36. The zero-order valence-corrected chi connectivity index (χ0v) is 13.7. The lowest BCUT2D eigenvalue weighted by molar-refractivity contribution is 0.0931. The highest BCUT2D eigenvalue weighted by Crippen LogP contribution is 2.23. The molecule has 24 heavy (non-hydrogen) atoms. The minimum Gasteiger partial charge on any atom is -0.355 e. The first kappa shape index (κ1) is 14.9. The Labute approximate surface area is 143 Å². The van der Waals surface area contributed by atoms with E-state index in [1.807, 2.05) is 35.7 Å². The van der Waals surface area contributed by atoms with Gasteiger partial charge in [-0.25, -0.2) is 4.98 Å². The van der Waals surface area contributed by atoms with Crippen LogP contribution in [0.15, 0.2) is 52.5 Å². The summed E-state index contributed by atoms with van der Waals surface area (Å²) < 4.78 is 5.29. The van der Waals surface area contributed by atoms with Gasteiger partial charge in [-0.05, 0) is 6.42 Å². The third-order valence-electron chi connectivity index (χ3n) is 4.01. The van der Waals surface area contributed by atoms with Crippen molar-refractivity contribution in [3.63, 3.8) is 0 Å². The molecule has 0 bridgehead atoms. The number of hydrogen-bond acceptors (Lipinski definition) is 6. The normalized spacial score (nSPS) is 17.2. The summed E-state index contributed by atoms with van der Waals surface area (Å²) in [5.74, 6) is 0.392. The molecule has 1 atom stereocenters. The summed E-state index contributed by atoms with van der Waals surface area (Å²) in [6.45, 7) is 1.66. The number of hydrogen-bond donors (Lipinski definition) is 1. The van der Waals surface area contributed by atoms with Gasteiger partial charge in [0, 0.05) is 42.3 Å². The average molecular weight is 340 g/mol. The molecule has 1 aromatic carbocycles. The zero-order valence-electron chi connectivity index (χ0n) is 12.9. The first-order valence-electron chi connectivity index (χ1n) is 7.77. The second-order valence-corrected chi connectivity index (χ2v) is 6.54. The number of rotatable bonds is 4. The highest BCUT2D eigenvalue weighted by Gasteiger charge is 2.26. The van der Waals surface area contributed by atoms with Crippen LogP contribution in [-0.2, 0) is 0 Å². The highest BCUT2D eigenvalue weighted by molar-refractivity contribution is 7.13. The molecular weight excluding hydrogens is 324 g/mol. The highest BCUT2D eigenvalue weighted by atomic mass is 32.1. The van der Waals surface area contributed by atoms with Crippen molar-refractivity contribution in [2.75, 3.05) is 18.0 Å². The van der Waals surface area contributed by atoms with Gasteiger partial charge in [0.1, 0.15) is 0 Å². The Morgan fingerprint density at radius 1 is 1.33 bits per heavy atom. The molecule has 1 amide bonds. The first-order chi connectivity index (χ1) is 11.8. The van der Waals surface area contributed by atoms with Crippen LogP contribution in [0, 0.1) is 0 Å². The van der Waals surface area contributed by atoms with Crippen molar-refractivity contribution >= 4 is 22.4 Å². The lowest BCUT2D eigenvalue weighted by Gasteiger charge is -2.15. The maximum absolute atomic E-state index is 12.4. The molecule has 122 valence electrons. The molecule has 1 aliphatic rings. The minimum atomic E-state index is -0.202. The fraction of sp³-hybridized carbons (Fsp3) is 0.235. The molecule has 6 nitrogen and oxygen atoms in total. The molecule has 0 spiro atoms. The summed E-state index contributed by atoms with van der Waals surface area (Å²) in [6.07, 6.45) is 2.70. The fourth-order valence-electron chi connectivity index (χ4n) is 2.80. The number of benzene rings is 1. The molecule has 0 aliphatic carbocycles. The van der Waals surface area contributed by atoms with Crippen molar-refractivity contribution in [1.82, 2.24) is 15.5 Å². The largest absolute Gasteiger partial charge is 0.355 e. The lowest BCUT2D eigenvalue weighted by Crippen LogP contribution is -2.37. The summed E-state index contributed by atoms with van der Waals surface area (Å²) in [5.41, 5.74) is 1.21. The number of amides is 1. The predicted molar refractivity (Wildman–Crippen MR) is 92.1 cm³/mol. The lowest BCUT2D eigenvalue weighted by atomic mass is 10.1. The molecule has 0 saturated carbocycles. The Balaban J connectivity index is 1.40. The zero-order chi connectivity index (χ0) is 16.4. The van der Waals surface area contributed by atoms with Gasteiger partial charge in [0.05, 0.1) is 0 Å². The number of carbonyl (C=O) groups is 1. The summed E-state index contributed by atoms with van der Waals surface area (Å²) in [7, 11) is 0. The van der Waals surface area contributed by atoms with Crippen molar-refractivity contribution in [3.8, 4) is 11.3 Å². The van der Waals surface area contributed by atoms with Gasteiger partial charge in [-0.1, -0.05) is 35.5 Å². The summed E-state index contributed by atoms with van der Waals surface area (Å²) >= 11 is 1.61. The van der Waals surface area contributed by atoms with Crippen LogP contribution in [0.1, 0.15) is 16.9 Å². The fourth-order valence-corrected chi connectivity index (χ4v) is 3.48. The van der Waals surface area contributed by atoms with E-state index in [1.165, 1.54) is 0 Å². The van der Waals surface area contributed by atoms with E-state index in [-0.39, 0.29) is 11.9 Å². The van der Waals surface area contributed by atoms with Gasteiger partial charge in [0.2, 0.25) is 0 Å². The molecule has 0 unspecified atom stereocenters. The van der Waals surface area contributed by atoms with Crippen LogP contribution in [0.25, 0.3) is 11.3 Å². The molecular formula is C17H16N4O2S. The van der Waals surface area contributed by atoms with E-state index in [0.717, 1.165) is 30.2 Å². The predicted octanol–water partition coefficient (Wildman–Crippen LogP) is 2.81. The van der Waals surface area contributed by atoms with E-state index in [9.17, 15) is 4.79 Å². The monoisotopic (exact) mass is 340 g/mol. The van der Waals surface area contributed by atoms with Crippen molar-refractivity contribution in [1.29, 1.82) is 0 Å². The van der Waals surface area contributed by atoms with Crippen molar-refractivity contribution in [2.45, 2.75) is 12.5 Å². The van der Waals surface area contributed by atoms with Crippen LogP contribution in [-0.4, -0.2) is 35.2 Å². The van der Waals surface area contributed by atoms with Crippen LogP contribution in [0.3, 0.4) is 0 Å². The van der Waals surface area contributed by atoms with E-state index in [1.54, 1.807) is 23.6 Å². The molecule has 3 heterocycles. The van der Waals surface area contributed by atoms with Crippen LogP contribution in [0.4, 0.5) is 5.13 Å². The van der Waals surface area contributed by atoms with Gasteiger partial charge in [0.15, 0.2) is 16.6 Å². The van der Waals surface area contributed by atoms with Crippen LogP contribution >= 0.6 is 11.3 Å². The second-order valence-electron chi connectivity index (χ2n) is 5.66. The molecule has 1 N–H and O–H groups in total. The number of nitrogens with one attached hydrogen (secondary N) is 1. The topological polar surface area (TPSA) is 71.3 Å². The number of carbonyl (C=O) groups excluding carboxylic acids is 1. The molecule has 7 heteroatoms. The van der Waals surface area contributed by atoms with Crippen molar-refractivity contribution < 1.29 is 9.32 Å². The maximum Gasteiger partial charge on any atom is 0.273 e. The Bertz CT molecular complexity index is 816. The van der Waals surface area contributed by atoms with Crippen LogP contribution in [0.2, 0.25) is 0 Å². The number of aromatic nitrogens is 2. The number of nitrogens with zero attached hydrogens (tertiary/aromatic N) is 3. The molecule has 1 fully saturated rings. The first-order valence-corrected chi connectivity index (χ1v) is 8.65. The van der Waals surface area contributed by atoms with E-state index in [2.05, 4.69) is 20.4 Å². The number of thiazole rings is 1.